The summed E-state index contributed by atoms with van der Waals surface area (Å²) in [6, 6.07) is 9.97. The van der Waals surface area contributed by atoms with E-state index in [1.165, 1.54) is 18.4 Å². The van der Waals surface area contributed by atoms with Gasteiger partial charge in [0.2, 0.25) is 0 Å². The average Bonchev–Trinajstić information content (AvgIpc) is 3.03. The van der Waals surface area contributed by atoms with Crippen LogP contribution in [0.25, 0.3) is 0 Å². The third-order valence-electron chi connectivity index (χ3n) is 5.01. The van der Waals surface area contributed by atoms with Crippen molar-refractivity contribution >= 4 is 11.9 Å². The monoisotopic (exact) mass is 388 g/mol. The SMILES string of the molecule is CCCCCC/C=C1/CC(CO)(COC(=O)CCCc2ccccc2)OC1=O. The van der Waals surface area contributed by atoms with E-state index in [-0.39, 0.29) is 25.6 Å². The fourth-order valence-corrected chi connectivity index (χ4v) is 3.30. The number of unbranched alkanes of at least 4 members (excludes halogenated alkanes) is 4. The maximum absolute atomic E-state index is 12.1. The highest BCUT2D eigenvalue weighted by molar-refractivity contribution is 5.91. The summed E-state index contributed by atoms with van der Waals surface area (Å²) in [5.41, 5.74) is 0.618. The molecular formula is C23H32O5. The van der Waals surface area contributed by atoms with E-state index in [4.69, 9.17) is 9.47 Å². The number of carbonyl (C=O) groups is 2. The van der Waals surface area contributed by atoms with Crippen molar-refractivity contribution in [3.63, 3.8) is 0 Å². The van der Waals surface area contributed by atoms with Gasteiger partial charge in [-0.05, 0) is 31.2 Å². The number of esters is 2. The van der Waals surface area contributed by atoms with E-state index >= 15 is 0 Å². The molecule has 0 bridgehead atoms. The maximum atomic E-state index is 12.1. The maximum Gasteiger partial charge on any atom is 0.334 e. The van der Waals surface area contributed by atoms with Crippen LogP contribution in [-0.2, 0) is 25.5 Å². The number of allylic oxidation sites excluding steroid dienone is 1. The van der Waals surface area contributed by atoms with E-state index in [1.807, 2.05) is 36.4 Å². The number of carbonyl (C=O) groups excluding carboxylic acids is 2. The normalized spacial score (nSPS) is 20.4. The van der Waals surface area contributed by atoms with Gasteiger partial charge in [-0.1, -0.05) is 62.6 Å². The van der Waals surface area contributed by atoms with Crippen molar-refractivity contribution in [2.45, 2.75) is 70.3 Å². The Morgan fingerprint density at radius 3 is 2.71 bits per heavy atom. The zero-order valence-corrected chi connectivity index (χ0v) is 16.8. The van der Waals surface area contributed by atoms with E-state index in [0.29, 0.717) is 18.4 Å². The molecule has 1 atom stereocenters. The number of benzene rings is 1. The molecule has 0 aliphatic carbocycles. The van der Waals surface area contributed by atoms with Crippen molar-refractivity contribution in [2.24, 2.45) is 0 Å². The van der Waals surface area contributed by atoms with Gasteiger partial charge in [-0.3, -0.25) is 4.79 Å². The van der Waals surface area contributed by atoms with Gasteiger partial charge in [-0.15, -0.1) is 0 Å². The molecule has 0 aromatic heterocycles. The summed E-state index contributed by atoms with van der Waals surface area (Å²) in [6.45, 7) is 1.70. The van der Waals surface area contributed by atoms with Crippen molar-refractivity contribution in [3.05, 3.63) is 47.5 Å². The molecule has 0 amide bonds. The molecule has 1 unspecified atom stereocenters. The van der Waals surface area contributed by atoms with Gasteiger partial charge in [0.05, 0.1) is 6.61 Å². The minimum absolute atomic E-state index is 0.105. The lowest BCUT2D eigenvalue weighted by molar-refractivity contribution is -0.166. The van der Waals surface area contributed by atoms with Gasteiger partial charge < -0.3 is 14.6 Å². The van der Waals surface area contributed by atoms with Crippen LogP contribution in [0.15, 0.2) is 42.0 Å². The summed E-state index contributed by atoms with van der Waals surface area (Å²) >= 11 is 0. The van der Waals surface area contributed by atoms with Crippen LogP contribution in [0, 0.1) is 0 Å². The molecule has 1 N–H and O–H groups in total. The minimum atomic E-state index is -1.14. The van der Waals surface area contributed by atoms with Crippen LogP contribution in [0.5, 0.6) is 0 Å². The van der Waals surface area contributed by atoms with Gasteiger partial charge >= 0.3 is 11.9 Å². The van der Waals surface area contributed by atoms with Crippen LogP contribution >= 0.6 is 0 Å². The number of cyclic esters (lactones) is 1. The largest absolute Gasteiger partial charge is 0.461 e. The lowest BCUT2D eigenvalue weighted by atomic mass is 9.98. The van der Waals surface area contributed by atoms with Gasteiger partial charge in [-0.25, -0.2) is 4.79 Å². The van der Waals surface area contributed by atoms with Gasteiger partial charge in [0.1, 0.15) is 6.61 Å². The highest BCUT2D eigenvalue weighted by Gasteiger charge is 2.44. The smallest absolute Gasteiger partial charge is 0.334 e. The number of hydrogen-bond donors (Lipinski definition) is 1. The molecular weight excluding hydrogens is 356 g/mol. The van der Waals surface area contributed by atoms with E-state index < -0.39 is 11.6 Å². The topological polar surface area (TPSA) is 72.8 Å². The molecule has 1 fully saturated rings. The molecule has 0 spiro atoms. The summed E-state index contributed by atoms with van der Waals surface area (Å²) in [6.07, 6.45) is 9.34. The first kappa shape index (κ1) is 22.2. The summed E-state index contributed by atoms with van der Waals surface area (Å²) in [5.74, 6) is -0.749. The van der Waals surface area contributed by atoms with E-state index in [1.54, 1.807) is 0 Å². The Hall–Kier alpha value is -2.14. The first-order valence-electron chi connectivity index (χ1n) is 10.3. The number of aliphatic hydroxyl groups excluding tert-OH is 1. The van der Waals surface area contributed by atoms with E-state index in [0.717, 1.165) is 25.7 Å². The fourth-order valence-electron chi connectivity index (χ4n) is 3.30. The molecule has 2 rings (SSSR count). The Balaban J connectivity index is 1.75. The van der Waals surface area contributed by atoms with Crippen molar-refractivity contribution in [1.82, 2.24) is 0 Å². The molecule has 28 heavy (non-hydrogen) atoms. The van der Waals surface area contributed by atoms with E-state index in [9.17, 15) is 14.7 Å². The van der Waals surface area contributed by atoms with Crippen LogP contribution in [0.3, 0.4) is 0 Å². The molecule has 1 aromatic carbocycles. The Bertz CT molecular complexity index is 652. The van der Waals surface area contributed by atoms with Gasteiger partial charge in [0, 0.05) is 18.4 Å². The molecule has 1 aliphatic rings. The quantitative estimate of drug-likeness (QED) is 0.331. The van der Waals surface area contributed by atoms with Gasteiger partial charge in [0.15, 0.2) is 5.60 Å². The predicted octanol–water partition coefficient (Wildman–Crippen LogP) is 4.13. The fraction of sp³-hybridized carbons (Fsp3) is 0.565. The van der Waals surface area contributed by atoms with E-state index in [2.05, 4.69) is 6.92 Å². The zero-order chi connectivity index (χ0) is 20.2. The van der Waals surface area contributed by atoms with Crippen LogP contribution in [0.1, 0.15) is 63.9 Å². The first-order chi connectivity index (χ1) is 13.6. The third kappa shape index (κ3) is 7.12. The molecule has 5 heteroatoms. The predicted molar refractivity (Wildman–Crippen MR) is 108 cm³/mol. The second kappa shape index (κ2) is 11.6. The molecule has 154 valence electrons. The van der Waals surface area contributed by atoms with Crippen molar-refractivity contribution in [3.8, 4) is 0 Å². The van der Waals surface area contributed by atoms with Crippen LogP contribution < -0.4 is 0 Å². The second-order valence-electron chi connectivity index (χ2n) is 7.49. The molecule has 5 nitrogen and oxygen atoms in total. The number of aryl methyl sites for hydroxylation is 1. The van der Waals surface area contributed by atoms with Crippen LogP contribution in [0.2, 0.25) is 0 Å². The number of aliphatic hydroxyl groups is 1. The minimum Gasteiger partial charge on any atom is -0.461 e. The number of ether oxygens (including phenoxy) is 2. The summed E-state index contributed by atoms with van der Waals surface area (Å²) in [4.78, 5) is 24.1. The summed E-state index contributed by atoms with van der Waals surface area (Å²) < 4.78 is 10.7. The first-order valence-corrected chi connectivity index (χ1v) is 10.3. The molecule has 1 aliphatic heterocycles. The molecule has 0 saturated carbocycles. The molecule has 0 radical (unpaired) electrons. The molecule has 1 saturated heterocycles. The molecule has 1 aromatic rings. The van der Waals surface area contributed by atoms with Crippen LogP contribution in [-0.4, -0.2) is 35.9 Å². The van der Waals surface area contributed by atoms with Gasteiger partial charge in [-0.2, -0.15) is 0 Å². The number of hydrogen-bond acceptors (Lipinski definition) is 5. The Morgan fingerprint density at radius 1 is 1.21 bits per heavy atom. The van der Waals surface area contributed by atoms with Crippen molar-refractivity contribution in [2.75, 3.05) is 13.2 Å². The summed E-state index contributed by atoms with van der Waals surface area (Å²) in [7, 11) is 0. The number of rotatable bonds is 12. The zero-order valence-electron chi connectivity index (χ0n) is 16.8. The lowest BCUT2D eigenvalue weighted by Gasteiger charge is -2.24. The van der Waals surface area contributed by atoms with Crippen LogP contribution in [0.4, 0.5) is 0 Å². The highest BCUT2D eigenvalue weighted by atomic mass is 16.6. The Morgan fingerprint density at radius 2 is 2.00 bits per heavy atom. The highest BCUT2D eigenvalue weighted by Crippen LogP contribution is 2.31. The standard InChI is InChI=1S/C23H32O5/c1-2-3-4-5-9-14-20-16-23(17-24,28-22(20)26)18-27-21(25)15-10-13-19-11-7-6-8-12-19/h6-8,11-12,14,24H,2-5,9-10,13,15-18H2,1H3/b20-14-. The third-order valence-corrected chi connectivity index (χ3v) is 5.01. The lowest BCUT2D eigenvalue weighted by Crippen LogP contribution is -2.39. The Labute approximate surface area is 167 Å². The Kier molecular flexibility index (Phi) is 9.21. The summed E-state index contributed by atoms with van der Waals surface area (Å²) in [5, 5.41) is 9.74. The second-order valence-corrected chi connectivity index (χ2v) is 7.49. The van der Waals surface area contributed by atoms with Gasteiger partial charge in [0.25, 0.3) is 0 Å². The molecule has 1 heterocycles. The van der Waals surface area contributed by atoms with Crippen molar-refractivity contribution < 1.29 is 24.2 Å². The average molecular weight is 389 g/mol. The van der Waals surface area contributed by atoms with Crippen molar-refractivity contribution in [1.29, 1.82) is 0 Å².